The first kappa shape index (κ1) is 16.8. The summed E-state index contributed by atoms with van der Waals surface area (Å²) in [6, 6.07) is 5.78. The van der Waals surface area contributed by atoms with E-state index in [0.717, 1.165) is 5.75 Å². The van der Waals surface area contributed by atoms with Crippen LogP contribution in [0, 0.1) is 0 Å². The second-order valence-corrected chi connectivity index (χ2v) is 4.27. The molecule has 1 aromatic carbocycles. The number of aliphatic hydroxyl groups excluding tert-OH is 1. The van der Waals surface area contributed by atoms with Gasteiger partial charge in [-0.15, -0.1) is 0 Å². The Morgan fingerprint density at radius 1 is 1.24 bits per heavy atom. The van der Waals surface area contributed by atoms with E-state index in [9.17, 15) is 9.59 Å². The summed E-state index contributed by atoms with van der Waals surface area (Å²) in [5, 5.41) is 19.7. The summed E-state index contributed by atoms with van der Waals surface area (Å²) in [6.07, 6.45) is 0.565. The van der Waals surface area contributed by atoms with Crippen LogP contribution in [0.25, 0.3) is 0 Å². The number of aliphatic carboxylic acids is 1. The van der Waals surface area contributed by atoms with Crippen LogP contribution in [0.3, 0.4) is 0 Å². The van der Waals surface area contributed by atoms with Crippen LogP contribution in [0.1, 0.15) is 12.8 Å². The molecule has 7 nitrogen and oxygen atoms in total. The summed E-state index contributed by atoms with van der Waals surface area (Å²) in [5.74, 6) is -0.310. The maximum absolute atomic E-state index is 11.5. The summed E-state index contributed by atoms with van der Waals surface area (Å²) in [6.45, 7) is -0.306. The summed E-state index contributed by atoms with van der Waals surface area (Å²) >= 11 is 0. The van der Waals surface area contributed by atoms with Gasteiger partial charge < -0.3 is 25.0 Å². The van der Waals surface area contributed by atoms with Gasteiger partial charge in [-0.2, -0.15) is 0 Å². The van der Waals surface area contributed by atoms with Gasteiger partial charge in [-0.05, 0) is 30.7 Å². The average Bonchev–Trinajstić information content (AvgIpc) is 2.49. The lowest BCUT2D eigenvalue weighted by atomic mass is 10.2. The van der Waals surface area contributed by atoms with E-state index in [1.807, 2.05) is 0 Å². The van der Waals surface area contributed by atoms with Gasteiger partial charge in [0.1, 0.15) is 17.5 Å². The van der Waals surface area contributed by atoms with Crippen LogP contribution in [0.5, 0.6) is 11.5 Å². The van der Waals surface area contributed by atoms with E-state index >= 15 is 0 Å². The number of amides is 1. The van der Waals surface area contributed by atoms with E-state index in [0.29, 0.717) is 18.8 Å². The van der Waals surface area contributed by atoms with Gasteiger partial charge in [0.25, 0.3) is 0 Å². The summed E-state index contributed by atoms with van der Waals surface area (Å²) in [4.78, 5) is 22.1. The Bertz CT molecular complexity index is 459. The minimum absolute atomic E-state index is 0.125. The second kappa shape index (κ2) is 8.80. The Balaban J connectivity index is 2.23. The molecule has 0 saturated carbocycles. The molecule has 116 valence electrons. The molecule has 0 fully saturated rings. The van der Waals surface area contributed by atoms with Gasteiger partial charge in [0, 0.05) is 6.42 Å². The Morgan fingerprint density at radius 3 is 2.38 bits per heavy atom. The van der Waals surface area contributed by atoms with Crippen molar-refractivity contribution in [3.8, 4) is 11.5 Å². The molecule has 0 aliphatic carbocycles. The Hall–Kier alpha value is -2.28. The van der Waals surface area contributed by atoms with Crippen molar-refractivity contribution in [2.45, 2.75) is 18.9 Å². The number of nitrogens with one attached hydrogen (secondary N) is 1. The van der Waals surface area contributed by atoms with Gasteiger partial charge in [-0.3, -0.25) is 4.79 Å². The van der Waals surface area contributed by atoms with Gasteiger partial charge in [-0.1, -0.05) is 0 Å². The summed E-state index contributed by atoms with van der Waals surface area (Å²) in [7, 11) is 1.57. The molecule has 1 aromatic rings. The maximum Gasteiger partial charge on any atom is 0.328 e. The van der Waals surface area contributed by atoms with Crippen LogP contribution in [0.2, 0.25) is 0 Å². The minimum atomic E-state index is -1.26. The van der Waals surface area contributed by atoms with Crippen molar-refractivity contribution in [1.82, 2.24) is 5.32 Å². The van der Waals surface area contributed by atoms with Crippen LogP contribution in [0.4, 0.5) is 0 Å². The average molecular weight is 297 g/mol. The highest BCUT2D eigenvalue weighted by atomic mass is 16.5. The molecule has 0 spiro atoms. The van der Waals surface area contributed by atoms with Crippen LogP contribution in [-0.4, -0.2) is 48.5 Å². The molecule has 0 radical (unpaired) electrons. The fraction of sp³-hybridized carbons (Fsp3) is 0.429. The van der Waals surface area contributed by atoms with E-state index < -0.39 is 24.5 Å². The van der Waals surface area contributed by atoms with Crippen molar-refractivity contribution >= 4 is 11.9 Å². The molecule has 0 aliphatic heterocycles. The Labute approximate surface area is 122 Å². The molecule has 1 unspecified atom stereocenters. The van der Waals surface area contributed by atoms with Crippen LogP contribution < -0.4 is 14.8 Å². The minimum Gasteiger partial charge on any atom is -0.497 e. The number of methoxy groups -OCH3 is 1. The lowest BCUT2D eigenvalue weighted by Gasteiger charge is -2.11. The van der Waals surface area contributed by atoms with E-state index in [1.54, 1.807) is 31.4 Å². The molecule has 1 amide bonds. The van der Waals surface area contributed by atoms with Crippen LogP contribution >= 0.6 is 0 Å². The van der Waals surface area contributed by atoms with Crippen molar-refractivity contribution in [3.63, 3.8) is 0 Å². The zero-order valence-corrected chi connectivity index (χ0v) is 11.7. The van der Waals surface area contributed by atoms with E-state index in [4.69, 9.17) is 19.7 Å². The zero-order chi connectivity index (χ0) is 15.7. The highest BCUT2D eigenvalue weighted by Gasteiger charge is 2.18. The van der Waals surface area contributed by atoms with Gasteiger partial charge in [0.2, 0.25) is 5.91 Å². The highest BCUT2D eigenvalue weighted by molar-refractivity contribution is 5.83. The number of benzene rings is 1. The van der Waals surface area contributed by atoms with Crippen molar-refractivity contribution in [2.24, 2.45) is 0 Å². The first-order valence-corrected chi connectivity index (χ1v) is 6.46. The standard InChI is InChI=1S/C14H19NO6/c1-20-10-4-6-11(7-5-10)21-8-2-3-13(17)15-12(9-16)14(18)19/h4-7,12,16H,2-3,8-9H2,1H3,(H,15,17)(H,18,19). The number of hydrogen-bond acceptors (Lipinski definition) is 5. The normalized spacial score (nSPS) is 11.5. The number of aliphatic hydroxyl groups is 1. The van der Waals surface area contributed by atoms with E-state index in [2.05, 4.69) is 5.32 Å². The molecule has 0 bridgehead atoms. The van der Waals surface area contributed by atoms with Gasteiger partial charge in [-0.25, -0.2) is 4.79 Å². The number of carboxylic acid groups (broad SMARTS) is 1. The lowest BCUT2D eigenvalue weighted by molar-refractivity contribution is -0.142. The number of carbonyl (C=O) groups excluding carboxylic acids is 1. The van der Waals surface area contributed by atoms with Crippen molar-refractivity contribution in [3.05, 3.63) is 24.3 Å². The number of carboxylic acids is 1. The molecule has 0 heterocycles. The first-order chi connectivity index (χ1) is 10.1. The topological polar surface area (TPSA) is 105 Å². The molecule has 0 aliphatic rings. The molecule has 0 saturated heterocycles. The van der Waals surface area contributed by atoms with E-state index in [-0.39, 0.29) is 6.42 Å². The quantitative estimate of drug-likeness (QED) is 0.570. The third-order valence-corrected chi connectivity index (χ3v) is 2.69. The molecular formula is C14H19NO6. The molecular weight excluding hydrogens is 278 g/mol. The van der Waals surface area contributed by atoms with Gasteiger partial charge >= 0.3 is 5.97 Å². The second-order valence-electron chi connectivity index (χ2n) is 4.27. The first-order valence-electron chi connectivity index (χ1n) is 6.46. The van der Waals surface area contributed by atoms with E-state index in [1.165, 1.54) is 0 Å². The molecule has 1 rings (SSSR count). The van der Waals surface area contributed by atoms with Crippen LogP contribution in [0.15, 0.2) is 24.3 Å². The highest BCUT2D eigenvalue weighted by Crippen LogP contribution is 2.17. The molecule has 1 atom stereocenters. The largest absolute Gasteiger partial charge is 0.497 e. The monoisotopic (exact) mass is 297 g/mol. The Morgan fingerprint density at radius 2 is 1.86 bits per heavy atom. The predicted octanol–water partition coefficient (Wildman–Crippen LogP) is 0.416. The number of hydrogen-bond donors (Lipinski definition) is 3. The van der Waals surface area contributed by atoms with Gasteiger partial charge in [0.05, 0.1) is 20.3 Å². The predicted molar refractivity (Wildman–Crippen MR) is 74.4 cm³/mol. The third-order valence-electron chi connectivity index (χ3n) is 2.69. The van der Waals surface area contributed by atoms with Crippen molar-refractivity contribution < 1.29 is 29.3 Å². The van der Waals surface area contributed by atoms with Crippen molar-refractivity contribution in [1.29, 1.82) is 0 Å². The fourth-order valence-corrected chi connectivity index (χ4v) is 1.55. The summed E-state index contributed by atoms with van der Waals surface area (Å²) in [5.41, 5.74) is 0. The SMILES string of the molecule is COc1ccc(OCCCC(=O)NC(CO)C(=O)O)cc1. The molecule has 0 aromatic heterocycles. The maximum atomic E-state index is 11.5. The smallest absolute Gasteiger partial charge is 0.328 e. The van der Waals surface area contributed by atoms with Gasteiger partial charge in [0.15, 0.2) is 0 Å². The summed E-state index contributed by atoms with van der Waals surface area (Å²) < 4.78 is 10.4. The molecule has 21 heavy (non-hydrogen) atoms. The number of rotatable bonds is 9. The molecule has 3 N–H and O–H groups in total. The third kappa shape index (κ3) is 6.13. The number of ether oxygens (including phenoxy) is 2. The van der Waals surface area contributed by atoms with Crippen LogP contribution in [-0.2, 0) is 9.59 Å². The molecule has 7 heteroatoms. The lowest BCUT2D eigenvalue weighted by Crippen LogP contribution is -2.43. The zero-order valence-electron chi connectivity index (χ0n) is 11.7. The van der Waals surface area contributed by atoms with Crippen molar-refractivity contribution in [2.75, 3.05) is 20.3 Å². The number of carbonyl (C=O) groups is 2. The Kier molecular flexibility index (Phi) is 7.03. The fourth-order valence-electron chi connectivity index (χ4n) is 1.55.